The van der Waals surface area contributed by atoms with Crippen LogP contribution in [0.25, 0.3) is 11.0 Å². The molecule has 0 amide bonds. The second kappa shape index (κ2) is 13.3. The van der Waals surface area contributed by atoms with Crippen molar-refractivity contribution in [2.24, 2.45) is 5.92 Å². The Labute approximate surface area is 227 Å². The van der Waals surface area contributed by atoms with Gasteiger partial charge in [-0.1, -0.05) is 12.8 Å². The van der Waals surface area contributed by atoms with Crippen molar-refractivity contribution in [1.82, 2.24) is 0 Å². The molecule has 11 heteroatoms. The van der Waals surface area contributed by atoms with Crippen LogP contribution in [-0.4, -0.2) is 89.1 Å². The van der Waals surface area contributed by atoms with E-state index in [2.05, 4.69) is 0 Å². The van der Waals surface area contributed by atoms with Gasteiger partial charge >= 0.3 is 5.97 Å². The molecule has 218 valence electrons. The van der Waals surface area contributed by atoms with Gasteiger partial charge in [-0.15, -0.1) is 0 Å². The molecule has 39 heavy (non-hydrogen) atoms. The molecule has 1 aliphatic carbocycles. The Morgan fingerprint density at radius 2 is 1.90 bits per heavy atom. The maximum Gasteiger partial charge on any atom is 0.306 e. The fraction of sp³-hybridized carbons (Fsp3) is 0.679. The van der Waals surface area contributed by atoms with Gasteiger partial charge in [-0.3, -0.25) is 4.79 Å². The second-order valence-corrected chi connectivity index (χ2v) is 10.3. The molecule has 5 N–H and O–H groups in total. The smallest absolute Gasteiger partial charge is 0.306 e. The van der Waals surface area contributed by atoms with Gasteiger partial charge in [0.2, 0.25) is 12.0 Å². The summed E-state index contributed by atoms with van der Waals surface area (Å²) in [6, 6.07) is 1.88. The minimum atomic E-state index is -1.63. The molecule has 7 atom stereocenters. The molecule has 0 unspecified atom stereocenters. The number of furan rings is 1. The molecule has 2 fully saturated rings. The molecular weight excluding hydrogens is 512 g/mol. The number of esters is 1. The minimum absolute atomic E-state index is 0.0583. The number of rotatable bonds is 11. The summed E-state index contributed by atoms with van der Waals surface area (Å²) in [5.41, 5.74) is 2.02. The van der Waals surface area contributed by atoms with Crippen molar-refractivity contribution in [3.05, 3.63) is 23.5 Å². The Kier molecular flexibility index (Phi) is 10.1. The zero-order chi connectivity index (χ0) is 28.1. The first-order valence-electron chi connectivity index (χ1n) is 13.7. The number of benzene rings is 1. The van der Waals surface area contributed by atoms with E-state index in [-0.39, 0.29) is 49.4 Å². The molecule has 0 spiro atoms. The highest BCUT2D eigenvalue weighted by Crippen LogP contribution is 2.47. The number of fused-ring (bicyclic) bond motifs is 1. The fourth-order valence-electron chi connectivity index (χ4n) is 5.78. The Morgan fingerprint density at radius 3 is 2.59 bits per heavy atom. The zero-order valence-electron chi connectivity index (χ0n) is 22.5. The summed E-state index contributed by atoms with van der Waals surface area (Å²) in [5.74, 6) is 0.662. The van der Waals surface area contributed by atoms with Crippen LogP contribution in [0, 0.1) is 5.92 Å². The average Bonchev–Trinajstić information content (AvgIpc) is 3.36. The van der Waals surface area contributed by atoms with E-state index in [0.29, 0.717) is 17.1 Å². The van der Waals surface area contributed by atoms with Crippen LogP contribution in [-0.2, 0) is 20.7 Å². The summed E-state index contributed by atoms with van der Waals surface area (Å²) in [4.78, 5) is 12.2. The fourth-order valence-corrected chi connectivity index (χ4v) is 5.78. The molecular formula is C28H40O11. The lowest BCUT2D eigenvalue weighted by Crippen LogP contribution is -2.60. The maximum atomic E-state index is 12.2. The van der Waals surface area contributed by atoms with Crippen molar-refractivity contribution in [2.75, 3.05) is 26.9 Å². The molecule has 0 bridgehead atoms. The van der Waals surface area contributed by atoms with Crippen molar-refractivity contribution < 1.29 is 53.7 Å². The number of aliphatic hydroxyl groups is 5. The number of methoxy groups -OCH3 is 1. The number of aryl methyl sites for hydroxylation is 1. The summed E-state index contributed by atoms with van der Waals surface area (Å²) in [6.07, 6.45) is -0.572. The molecule has 2 heterocycles. The first kappa shape index (κ1) is 29.6. The molecule has 4 rings (SSSR count). The lowest BCUT2D eigenvalue weighted by Gasteiger charge is -2.39. The summed E-state index contributed by atoms with van der Waals surface area (Å²) < 4.78 is 28.5. The quantitative estimate of drug-likeness (QED) is 0.258. The second-order valence-electron chi connectivity index (χ2n) is 10.3. The van der Waals surface area contributed by atoms with Gasteiger partial charge in [0.15, 0.2) is 11.3 Å². The van der Waals surface area contributed by atoms with Gasteiger partial charge in [-0.05, 0) is 56.1 Å². The van der Waals surface area contributed by atoms with Crippen LogP contribution in [0.5, 0.6) is 11.5 Å². The van der Waals surface area contributed by atoms with E-state index in [4.69, 9.17) is 23.4 Å². The molecule has 1 saturated carbocycles. The average molecular weight is 553 g/mol. The van der Waals surface area contributed by atoms with Crippen LogP contribution >= 0.6 is 0 Å². The van der Waals surface area contributed by atoms with Crippen LogP contribution in [0.3, 0.4) is 0 Å². The Balaban J connectivity index is 1.73. The summed E-state index contributed by atoms with van der Waals surface area (Å²) >= 11 is 0. The number of carbonyl (C=O) groups is 1. The van der Waals surface area contributed by atoms with E-state index < -0.39 is 37.3 Å². The van der Waals surface area contributed by atoms with E-state index in [1.54, 1.807) is 13.2 Å². The van der Waals surface area contributed by atoms with Gasteiger partial charge < -0.3 is 48.9 Å². The number of hydrogen-bond donors (Lipinski definition) is 5. The van der Waals surface area contributed by atoms with Gasteiger partial charge in [-0.25, -0.2) is 0 Å². The van der Waals surface area contributed by atoms with E-state index in [9.17, 15) is 30.3 Å². The predicted octanol–water partition coefficient (Wildman–Crippen LogP) is 1.77. The molecule has 1 aromatic heterocycles. The standard InChI is InChI=1S/C28H40O11/c1-3-36-21(31)8-7-17-12-18-19(16-6-4-5-15(11-16)9-10-29)14-37-26(18)27(35-2)25(17)39-28-24(34)23(33)22(32)20(13-30)38-28/h12,14-16,20,22-24,28-30,32-34H,3-11,13H2,1-2H3/t15-,16-,20-,22-,23+,24-,28+/m1/s1. The number of hydrogen-bond acceptors (Lipinski definition) is 11. The number of ether oxygens (including phenoxy) is 4. The molecule has 11 nitrogen and oxygen atoms in total. The molecule has 1 aromatic carbocycles. The first-order chi connectivity index (χ1) is 18.8. The van der Waals surface area contributed by atoms with E-state index in [1.165, 1.54) is 7.11 Å². The molecule has 0 radical (unpaired) electrons. The molecule has 2 aromatic rings. The van der Waals surface area contributed by atoms with Gasteiger partial charge in [0.05, 0.1) is 26.6 Å². The SMILES string of the molecule is CCOC(=O)CCc1cc2c([C@@H]3CCC[C@H](CCO)C3)coc2c(OC)c1O[C@@H]1O[C@H](CO)[C@@H](O)[C@H](O)[C@H]1O. The predicted molar refractivity (Wildman–Crippen MR) is 139 cm³/mol. The van der Waals surface area contributed by atoms with E-state index in [1.807, 2.05) is 6.07 Å². The van der Waals surface area contributed by atoms with Crippen LogP contribution < -0.4 is 9.47 Å². The van der Waals surface area contributed by atoms with Crippen LogP contribution in [0.4, 0.5) is 0 Å². The van der Waals surface area contributed by atoms with E-state index in [0.717, 1.165) is 43.1 Å². The van der Waals surface area contributed by atoms with Crippen molar-refractivity contribution in [3.63, 3.8) is 0 Å². The highest BCUT2D eigenvalue weighted by molar-refractivity contribution is 5.90. The molecule has 1 aliphatic heterocycles. The van der Waals surface area contributed by atoms with Crippen molar-refractivity contribution in [2.45, 2.75) is 88.5 Å². The highest BCUT2D eigenvalue weighted by atomic mass is 16.7. The van der Waals surface area contributed by atoms with Gasteiger partial charge in [-0.2, -0.15) is 0 Å². The summed E-state index contributed by atoms with van der Waals surface area (Å²) in [5, 5.41) is 50.8. The third-order valence-electron chi connectivity index (χ3n) is 7.83. The third kappa shape index (κ3) is 6.34. The topological polar surface area (TPSA) is 168 Å². The third-order valence-corrected chi connectivity index (χ3v) is 7.83. The normalized spacial score (nSPS) is 29.4. The summed E-state index contributed by atoms with van der Waals surface area (Å²) in [7, 11) is 1.45. The molecule has 1 saturated heterocycles. The van der Waals surface area contributed by atoms with Crippen molar-refractivity contribution in [1.29, 1.82) is 0 Å². The minimum Gasteiger partial charge on any atom is -0.490 e. The lowest BCUT2D eigenvalue weighted by molar-refractivity contribution is -0.277. The first-order valence-corrected chi connectivity index (χ1v) is 13.7. The van der Waals surface area contributed by atoms with Gasteiger partial charge in [0.25, 0.3) is 0 Å². The monoisotopic (exact) mass is 552 g/mol. The Bertz CT molecular complexity index is 1090. The number of aliphatic hydroxyl groups excluding tert-OH is 5. The number of carbonyl (C=O) groups excluding carboxylic acids is 1. The van der Waals surface area contributed by atoms with Crippen LogP contribution in [0.15, 0.2) is 16.7 Å². The zero-order valence-corrected chi connectivity index (χ0v) is 22.5. The largest absolute Gasteiger partial charge is 0.490 e. The highest BCUT2D eigenvalue weighted by Gasteiger charge is 2.45. The summed E-state index contributed by atoms with van der Waals surface area (Å²) in [6.45, 7) is 1.54. The molecule has 2 aliphatic rings. The van der Waals surface area contributed by atoms with Gasteiger partial charge in [0.1, 0.15) is 24.4 Å². The van der Waals surface area contributed by atoms with Crippen LogP contribution in [0.2, 0.25) is 0 Å². The lowest BCUT2D eigenvalue weighted by atomic mass is 9.77. The van der Waals surface area contributed by atoms with Crippen molar-refractivity contribution in [3.8, 4) is 11.5 Å². The van der Waals surface area contributed by atoms with Crippen LogP contribution in [0.1, 0.15) is 62.5 Å². The van der Waals surface area contributed by atoms with Gasteiger partial charge in [0, 0.05) is 24.0 Å². The maximum absolute atomic E-state index is 12.2. The Morgan fingerprint density at radius 1 is 1.10 bits per heavy atom. The van der Waals surface area contributed by atoms with E-state index >= 15 is 0 Å². The van der Waals surface area contributed by atoms with Crippen molar-refractivity contribution >= 4 is 16.9 Å². The Hall–Kier alpha value is -2.41.